The first-order valence-electron chi connectivity index (χ1n) is 8.42. The summed E-state index contributed by atoms with van der Waals surface area (Å²) in [6.45, 7) is 0. The van der Waals surface area contributed by atoms with E-state index in [9.17, 15) is 0 Å². The van der Waals surface area contributed by atoms with Gasteiger partial charge in [-0.05, 0) is 23.6 Å². The van der Waals surface area contributed by atoms with Crippen molar-refractivity contribution in [2.75, 3.05) is 5.32 Å². The van der Waals surface area contributed by atoms with Crippen LogP contribution in [-0.2, 0) is 0 Å². The number of anilines is 2. The van der Waals surface area contributed by atoms with Gasteiger partial charge in [0.1, 0.15) is 0 Å². The van der Waals surface area contributed by atoms with Crippen LogP contribution in [0.2, 0.25) is 0 Å². The minimum absolute atomic E-state index is 1.00. The first kappa shape index (κ1) is 14.0. The normalized spacial score (nSPS) is 11.2. The Balaban J connectivity index is 1.81. The number of nitrogens with one attached hydrogen (secondary N) is 1. The molecule has 0 aliphatic carbocycles. The van der Waals surface area contributed by atoms with Crippen LogP contribution in [0.3, 0.4) is 0 Å². The van der Waals surface area contributed by atoms with Crippen molar-refractivity contribution in [2.45, 2.75) is 0 Å². The Morgan fingerprint density at radius 2 is 1.08 bits per heavy atom. The van der Waals surface area contributed by atoms with Gasteiger partial charge in [-0.3, -0.25) is 0 Å². The summed E-state index contributed by atoms with van der Waals surface area (Å²) >= 11 is 0. The zero-order chi connectivity index (χ0) is 16.6. The maximum absolute atomic E-state index is 4.80. The Kier molecular flexibility index (Phi) is 3.14. The molecule has 0 unspecified atom stereocenters. The zero-order valence-corrected chi connectivity index (χ0v) is 13.6. The number of benzene rings is 4. The molecule has 1 N–H and O–H groups in total. The molecule has 0 fully saturated rings. The molecule has 2 nitrogen and oxygen atoms in total. The number of hydrogen-bond acceptors (Lipinski definition) is 2. The van der Waals surface area contributed by atoms with Crippen molar-refractivity contribution in [1.82, 2.24) is 4.98 Å². The van der Waals surface area contributed by atoms with Crippen molar-refractivity contribution in [3.8, 4) is 0 Å². The fraction of sp³-hybridized carbons (Fsp3) is 0. The van der Waals surface area contributed by atoms with Crippen molar-refractivity contribution in [1.29, 1.82) is 0 Å². The van der Waals surface area contributed by atoms with E-state index in [4.69, 9.17) is 4.98 Å². The van der Waals surface area contributed by atoms with Crippen LogP contribution in [0.25, 0.3) is 32.6 Å². The van der Waals surface area contributed by atoms with Gasteiger partial charge in [0.25, 0.3) is 0 Å². The van der Waals surface area contributed by atoms with E-state index in [1.807, 2.05) is 12.1 Å². The Labute approximate surface area is 145 Å². The summed E-state index contributed by atoms with van der Waals surface area (Å²) < 4.78 is 0. The second kappa shape index (κ2) is 5.60. The summed E-state index contributed by atoms with van der Waals surface area (Å²) in [7, 11) is 0. The third kappa shape index (κ3) is 2.31. The minimum atomic E-state index is 1.00. The fourth-order valence-corrected chi connectivity index (χ4v) is 3.44. The van der Waals surface area contributed by atoms with Gasteiger partial charge in [-0.15, -0.1) is 0 Å². The van der Waals surface area contributed by atoms with Crippen LogP contribution in [0.4, 0.5) is 11.4 Å². The topological polar surface area (TPSA) is 24.9 Å². The molecule has 1 aromatic heterocycles. The molecule has 4 aromatic carbocycles. The predicted molar refractivity (Wildman–Crippen MR) is 106 cm³/mol. The third-order valence-corrected chi connectivity index (χ3v) is 4.64. The van der Waals surface area contributed by atoms with E-state index in [0.717, 1.165) is 33.2 Å². The van der Waals surface area contributed by atoms with Gasteiger partial charge in [0.2, 0.25) is 0 Å². The lowest BCUT2D eigenvalue weighted by Gasteiger charge is -2.15. The van der Waals surface area contributed by atoms with Gasteiger partial charge in [-0.1, -0.05) is 72.8 Å². The molecule has 0 aliphatic rings. The van der Waals surface area contributed by atoms with E-state index in [2.05, 4.69) is 84.2 Å². The lowest BCUT2D eigenvalue weighted by molar-refractivity contribution is 1.49. The zero-order valence-electron chi connectivity index (χ0n) is 13.6. The molecular weight excluding hydrogens is 304 g/mol. The van der Waals surface area contributed by atoms with E-state index >= 15 is 0 Å². The average molecular weight is 320 g/mol. The SMILES string of the molecule is c1ccc2c(Nc3c4ccccc4nc4ccccc34)cccc2c1. The first-order valence-corrected chi connectivity index (χ1v) is 8.42. The lowest BCUT2D eigenvalue weighted by atomic mass is 10.1. The van der Waals surface area contributed by atoms with E-state index in [1.165, 1.54) is 10.8 Å². The molecule has 0 spiro atoms. The van der Waals surface area contributed by atoms with E-state index in [1.54, 1.807) is 0 Å². The molecule has 2 heteroatoms. The van der Waals surface area contributed by atoms with Gasteiger partial charge in [0.05, 0.1) is 16.7 Å². The van der Waals surface area contributed by atoms with Crippen molar-refractivity contribution >= 4 is 44.0 Å². The highest BCUT2D eigenvalue weighted by Gasteiger charge is 2.10. The number of fused-ring (bicyclic) bond motifs is 3. The molecular formula is C23H16N2. The van der Waals surface area contributed by atoms with Gasteiger partial charge >= 0.3 is 0 Å². The quantitative estimate of drug-likeness (QED) is 0.387. The molecule has 0 saturated carbocycles. The van der Waals surface area contributed by atoms with Gasteiger partial charge in [0.15, 0.2) is 0 Å². The van der Waals surface area contributed by atoms with Crippen LogP contribution in [-0.4, -0.2) is 4.98 Å². The van der Waals surface area contributed by atoms with Crippen LogP contribution in [0, 0.1) is 0 Å². The molecule has 0 amide bonds. The number of rotatable bonds is 2. The highest BCUT2D eigenvalue weighted by Crippen LogP contribution is 2.35. The standard InChI is InChI=1S/C23H16N2/c1-2-10-17-16(8-1)9-7-15-20(17)25-23-18-11-3-5-13-21(18)24-22-14-6-4-12-19(22)23/h1-15H,(H,24,25). The van der Waals surface area contributed by atoms with Gasteiger partial charge in [-0.25, -0.2) is 4.98 Å². The first-order chi connectivity index (χ1) is 12.4. The van der Waals surface area contributed by atoms with Crippen LogP contribution in [0.15, 0.2) is 91.0 Å². The van der Waals surface area contributed by atoms with Crippen LogP contribution in [0.1, 0.15) is 0 Å². The summed E-state index contributed by atoms with van der Waals surface area (Å²) in [4.78, 5) is 4.80. The highest BCUT2D eigenvalue weighted by atomic mass is 14.9. The summed E-state index contributed by atoms with van der Waals surface area (Å²) in [6, 6.07) is 31.4. The monoisotopic (exact) mass is 320 g/mol. The summed E-state index contributed by atoms with van der Waals surface area (Å²) in [5, 5.41) is 8.41. The Hall–Kier alpha value is -3.39. The second-order valence-corrected chi connectivity index (χ2v) is 6.17. The fourth-order valence-electron chi connectivity index (χ4n) is 3.44. The molecule has 0 radical (unpaired) electrons. The smallest absolute Gasteiger partial charge is 0.0730 e. The minimum Gasteiger partial charge on any atom is -0.354 e. The van der Waals surface area contributed by atoms with Gasteiger partial charge < -0.3 is 5.32 Å². The number of para-hydroxylation sites is 2. The van der Waals surface area contributed by atoms with Crippen molar-refractivity contribution in [3.05, 3.63) is 91.0 Å². The largest absolute Gasteiger partial charge is 0.354 e. The molecule has 5 rings (SSSR count). The van der Waals surface area contributed by atoms with Crippen LogP contribution >= 0.6 is 0 Å². The molecule has 0 aliphatic heterocycles. The molecule has 1 heterocycles. The maximum Gasteiger partial charge on any atom is 0.0730 e. The number of hydrogen-bond donors (Lipinski definition) is 1. The van der Waals surface area contributed by atoms with Crippen molar-refractivity contribution in [2.24, 2.45) is 0 Å². The number of nitrogens with zero attached hydrogens (tertiary/aromatic N) is 1. The Morgan fingerprint density at radius 3 is 1.80 bits per heavy atom. The Bertz CT molecular complexity index is 1170. The summed E-state index contributed by atoms with van der Waals surface area (Å²) in [6.07, 6.45) is 0. The third-order valence-electron chi connectivity index (χ3n) is 4.64. The summed E-state index contributed by atoms with van der Waals surface area (Å²) in [5.74, 6) is 0. The molecule has 5 aromatic rings. The molecule has 0 bridgehead atoms. The van der Waals surface area contributed by atoms with E-state index < -0.39 is 0 Å². The number of pyridine rings is 1. The second-order valence-electron chi connectivity index (χ2n) is 6.17. The van der Waals surface area contributed by atoms with Crippen LogP contribution < -0.4 is 5.32 Å². The Morgan fingerprint density at radius 1 is 0.520 bits per heavy atom. The van der Waals surface area contributed by atoms with Crippen LogP contribution in [0.5, 0.6) is 0 Å². The highest BCUT2D eigenvalue weighted by molar-refractivity contribution is 6.10. The maximum atomic E-state index is 4.80. The average Bonchev–Trinajstić information content (AvgIpc) is 2.68. The van der Waals surface area contributed by atoms with Crippen molar-refractivity contribution in [3.63, 3.8) is 0 Å². The number of aromatic nitrogens is 1. The van der Waals surface area contributed by atoms with Crippen molar-refractivity contribution < 1.29 is 0 Å². The molecule has 118 valence electrons. The summed E-state index contributed by atoms with van der Waals surface area (Å²) in [5.41, 5.74) is 4.23. The molecule has 0 atom stereocenters. The predicted octanol–water partition coefficient (Wildman–Crippen LogP) is 6.28. The van der Waals surface area contributed by atoms with E-state index in [0.29, 0.717) is 0 Å². The molecule has 0 saturated heterocycles. The van der Waals surface area contributed by atoms with Gasteiger partial charge in [-0.2, -0.15) is 0 Å². The lowest BCUT2D eigenvalue weighted by Crippen LogP contribution is -1.96. The molecule has 25 heavy (non-hydrogen) atoms. The van der Waals surface area contributed by atoms with E-state index in [-0.39, 0.29) is 0 Å². The van der Waals surface area contributed by atoms with Gasteiger partial charge in [0, 0.05) is 21.8 Å².